The third-order valence-electron chi connectivity index (χ3n) is 5.20. The Morgan fingerprint density at radius 1 is 1.31 bits per heavy atom. The molecule has 7 heteroatoms. The van der Waals surface area contributed by atoms with Crippen molar-refractivity contribution in [2.24, 2.45) is 0 Å². The minimum atomic E-state index is 0.101. The lowest BCUT2D eigenvalue weighted by Crippen LogP contribution is -2.51. The van der Waals surface area contributed by atoms with Crippen LogP contribution in [0, 0.1) is 6.92 Å². The number of likely N-dealkylation sites (tertiary alicyclic amines) is 1. The van der Waals surface area contributed by atoms with Gasteiger partial charge in [0.05, 0.1) is 5.75 Å². The van der Waals surface area contributed by atoms with Crippen LogP contribution in [0.15, 0.2) is 28.6 Å². The maximum absolute atomic E-state index is 12.3. The zero-order chi connectivity index (χ0) is 17.9. The molecule has 0 spiro atoms. The van der Waals surface area contributed by atoms with Gasteiger partial charge < -0.3 is 5.32 Å². The average Bonchev–Trinajstić information content (AvgIpc) is 3.26. The topological polar surface area (TPSA) is 58.1 Å². The highest BCUT2D eigenvalue weighted by atomic mass is 32.2. The van der Waals surface area contributed by atoms with Gasteiger partial charge in [-0.25, -0.2) is 0 Å². The molecule has 1 fully saturated rings. The average molecular weight is 389 g/mol. The number of carbonyl (C=O) groups is 1. The first-order chi connectivity index (χ1) is 12.7. The number of aromatic nitrogens is 2. The van der Waals surface area contributed by atoms with Gasteiger partial charge >= 0.3 is 0 Å². The highest BCUT2D eigenvalue weighted by Gasteiger charge is 2.30. The number of rotatable bonds is 5. The first-order valence-electron chi connectivity index (χ1n) is 9.20. The molecule has 26 heavy (non-hydrogen) atoms. The normalized spacial score (nSPS) is 20.9. The summed E-state index contributed by atoms with van der Waals surface area (Å²) in [5.74, 6) is 0.518. The maximum Gasteiger partial charge on any atom is 0.230 e. The van der Waals surface area contributed by atoms with Crippen molar-refractivity contribution in [1.29, 1.82) is 0 Å². The molecule has 4 rings (SSSR count). The zero-order valence-corrected chi connectivity index (χ0v) is 16.6. The van der Waals surface area contributed by atoms with E-state index in [0.717, 1.165) is 48.1 Å². The van der Waals surface area contributed by atoms with Gasteiger partial charge in [-0.2, -0.15) is 0 Å². The van der Waals surface area contributed by atoms with Gasteiger partial charge in [0.1, 0.15) is 5.01 Å². The number of hydrogen-bond acceptors (Lipinski definition) is 6. The Bertz CT molecular complexity index is 753. The van der Waals surface area contributed by atoms with Crippen LogP contribution in [0.25, 0.3) is 0 Å². The third kappa shape index (κ3) is 4.27. The van der Waals surface area contributed by atoms with Gasteiger partial charge in [-0.15, -0.1) is 10.2 Å². The van der Waals surface area contributed by atoms with E-state index < -0.39 is 0 Å². The molecule has 2 aromatic rings. The molecule has 2 aliphatic rings. The van der Waals surface area contributed by atoms with E-state index in [1.807, 2.05) is 6.92 Å². The second-order valence-electron chi connectivity index (χ2n) is 7.11. The first-order valence-corrected chi connectivity index (χ1v) is 11.0. The lowest BCUT2D eigenvalue weighted by atomic mass is 10.0. The Labute approximate surface area is 162 Å². The van der Waals surface area contributed by atoms with Crippen molar-refractivity contribution in [1.82, 2.24) is 20.4 Å². The van der Waals surface area contributed by atoms with Crippen molar-refractivity contribution >= 4 is 29.0 Å². The van der Waals surface area contributed by atoms with Crippen molar-refractivity contribution in [2.45, 2.75) is 49.0 Å². The van der Waals surface area contributed by atoms with E-state index in [0.29, 0.717) is 11.8 Å². The van der Waals surface area contributed by atoms with Crippen molar-refractivity contribution in [3.63, 3.8) is 0 Å². The highest BCUT2D eigenvalue weighted by Crippen LogP contribution is 2.27. The second-order valence-corrected chi connectivity index (χ2v) is 9.51. The van der Waals surface area contributed by atoms with Crippen LogP contribution in [0.2, 0.25) is 0 Å². The molecular formula is C19H24N4OS2. The molecule has 1 unspecified atom stereocenters. The summed E-state index contributed by atoms with van der Waals surface area (Å²) in [4.78, 5) is 14.9. The largest absolute Gasteiger partial charge is 0.351 e. The Hall–Kier alpha value is -1.44. The molecule has 1 saturated heterocycles. The predicted octanol–water partition coefficient (Wildman–Crippen LogP) is 2.69. The van der Waals surface area contributed by atoms with Crippen molar-refractivity contribution in [2.75, 3.05) is 18.8 Å². The number of carbonyl (C=O) groups excluding carboxylic acids is 1. The van der Waals surface area contributed by atoms with Gasteiger partial charge in [-0.05, 0) is 50.3 Å². The number of amides is 1. The van der Waals surface area contributed by atoms with Crippen molar-refractivity contribution < 1.29 is 4.79 Å². The second kappa shape index (κ2) is 8.06. The quantitative estimate of drug-likeness (QED) is 0.798. The highest BCUT2D eigenvalue weighted by molar-refractivity contribution is 8.01. The minimum absolute atomic E-state index is 0.101. The van der Waals surface area contributed by atoms with Crippen LogP contribution >= 0.6 is 23.1 Å². The van der Waals surface area contributed by atoms with E-state index >= 15 is 0 Å². The molecular weight excluding hydrogens is 364 g/mol. The smallest absolute Gasteiger partial charge is 0.230 e. The predicted molar refractivity (Wildman–Crippen MR) is 106 cm³/mol. The van der Waals surface area contributed by atoms with Gasteiger partial charge in [-0.3, -0.25) is 9.69 Å². The van der Waals surface area contributed by atoms with Crippen LogP contribution in [0.3, 0.4) is 0 Å². The van der Waals surface area contributed by atoms with E-state index in [1.165, 1.54) is 34.2 Å². The Morgan fingerprint density at radius 2 is 2.08 bits per heavy atom. The number of hydrogen-bond donors (Lipinski definition) is 1. The van der Waals surface area contributed by atoms with E-state index in [-0.39, 0.29) is 11.9 Å². The number of benzene rings is 1. The van der Waals surface area contributed by atoms with Crippen LogP contribution in [0.5, 0.6) is 0 Å². The molecule has 1 amide bonds. The van der Waals surface area contributed by atoms with Crippen LogP contribution < -0.4 is 5.32 Å². The molecule has 0 radical (unpaired) electrons. The lowest BCUT2D eigenvalue weighted by Gasteiger charge is -2.37. The number of fused-ring (bicyclic) bond motifs is 1. The fraction of sp³-hybridized carbons (Fsp3) is 0.526. The van der Waals surface area contributed by atoms with E-state index in [4.69, 9.17) is 0 Å². The monoisotopic (exact) mass is 388 g/mol. The van der Waals surface area contributed by atoms with Crippen LogP contribution in [0.4, 0.5) is 0 Å². The Morgan fingerprint density at radius 3 is 2.77 bits per heavy atom. The molecule has 1 aromatic carbocycles. The first kappa shape index (κ1) is 17.9. The van der Waals surface area contributed by atoms with Gasteiger partial charge in [0.2, 0.25) is 5.91 Å². The standard InChI is InChI=1S/C19H24N4OS2/c1-13-21-22-19(26-13)25-12-18(24)20-16-7-4-8-23(11-16)17-9-14-5-2-3-6-15(14)10-17/h2-3,5-6,16-17H,4,7-12H2,1H3,(H,20,24). The summed E-state index contributed by atoms with van der Waals surface area (Å²) in [7, 11) is 0. The fourth-order valence-electron chi connectivity index (χ4n) is 3.98. The number of aryl methyl sites for hydroxylation is 1. The summed E-state index contributed by atoms with van der Waals surface area (Å²) in [6.45, 7) is 4.04. The summed E-state index contributed by atoms with van der Waals surface area (Å²) in [5.41, 5.74) is 2.99. The number of nitrogens with one attached hydrogen (secondary N) is 1. The third-order valence-corrected chi connectivity index (χ3v) is 7.17. The van der Waals surface area contributed by atoms with Crippen molar-refractivity contribution in [3.05, 3.63) is 40.4 Å². The number of thioether (sulfide) groups is 1. The molecule has 1 N–H and O–H groups in total. The lowest BCUT2D eigenvalue weighted by molar-refractivity contribution is -0.119. The molecule has 1 aliphatic heterocycles. The molecule has 1 atom stereocenters. The SMILES string of the molecule is Cc1nnc(SCC(=O)NC2CCCN(C3Cc4ccccc4C3)C2)s1. The molecule has 0 bridgehead atoms. The molecule has 5 nitrogen and oxygen atoms in total. The summed E-state index contributed by atoms with van der Waals surface area (Å²) in [6, 6.07) is 9.63. The van der Waals surface area contributed by atoms with Crippen LogP contribution in [-0.4, -0.2) is 51.9 Å². The number of nitrogens with zero attached hydrogens (tertiary/aromatic N) is 3. The van der Waals surface area contributed by atoms with Crippen LogP contribution in [-0.2, 0) is 17.6 Å². The summed E-state index contributed by atoms with van der Waals surface area (Å²) in [6.07, 6.45) is 4.51. The summed E-state index contributed by atoms with van der Waals surface area (Å²) in [5, 5.41) is 12.2. The van der Waals surface area contributed by atoms with Crippen molar-refractivity contribution in [3.8, 4) is 0 Å². The number of piperidine rings is 1. The van der Waals surface area contributed by atoms with Gasteiger partial charge in [0, 0.05) is 18.6 Å². The zero-order valence-electron chi connectivity index (χ0n) is 15.0. The van der Waals surface area contributed by atoms with Gasteiger partial charge in [0.25, 0.3) is 0 Å². The maximum atomic E-state index is 12.3. The molecule has 138 valence electrons. The molecule has 1 aromatic heterocycles. The Kier molecular flexibility index (Phi) is 5.57. The minimum Gasteiger partial charge on any atom is -0.351 e. The summed E-state index contributed by atoms with van der Waals surface area (Å²) >= 11 is 3.01. The molecule has 1 aliphatic carbocycles. The Balaban J connectivity index is 1.26. The van der Waals surface area contributed by atoms with Gasteiger partial charge in [0.15, 0.2) is 4.34 Å². The van der Waals surface area contributed by atoms with Gasteiger partial charge in [-0.1, -0.05) is 47.4 Å². The summed E-state index contributed by atoms with van der Waals surface area (Å²) < 4.78 is 0.867. The van der Waals surface area contributed by atoms with Crippen LogP contribution in [0.1, 0.15) is 29.0 Å². The molecule has 2 heterocycles. The van der Waals surface area contributed by atoms with E-state index in [2.05, 4.69) is 44.7 Å². The molecule has 0 saturated carbocycles. The fourth-order valence-corrected chi connectivity index (χ4v) is 5.61. The van der Waals surface area contributed by atoms with E-state index in [9.17, 15) is 4.79 Å². The van der Waals surface area contributed by atoms with E-state index in [1.54, 1.807) is 0 Å².